The van der Waals surface area contributed by atoms with E-state index in [1.807, 2.05) is 6.92 Å². The molecule has 0 aliphatic carbocycles. The van der Waals surface area contributed by atoms with Crippen molar-refractivity contribution in [2.24, 2.45) is 0 Å². The molecule has 0 aliphatic heterocycles. The number of H-pyrrole nitrogens is 1. The Kier molecular flexibility index (Phi) is 3.45. The van der Waals surface area contributed by atoms with Gasteiger partial charge in [-0.25, -0.2) is 4.79 Å². The number of nitrogens with zero attached hydrogens (tertiary/aromatic N) is 1. The highest BCUT2D eigenvalue weighted by molar-refractivity contribution is 4.81. The summed E-state index contributed by atoms with van der Waals surface area (Å²) in [6.07, 6.45) is 2.31. The molecule has 0 aliphatic rings. The monoisotopic (exact) mass is 184 g/mol. The summed E-state index contributed by atoms with van der Waals surface area (Å²) in [6.45, 7) is 2.77. The minimum Gasteiger partial charge on any atom is -0.361 e. The average Bonchev–Trinajstić information content (AvgIpc) is 2.09. The Balaban J connectivity index is 2.67. The third-order valence-electron chi connectivity index (χ3n) is 1.48. The first-order valence-corrected chi connectivity index (χ1v) is 4.11. The number of hydrogen-bond acceptors (Lipinski definition) is 3. The van der Waals surface area contributed by atoms with Crippen molar-refractivity contribution in [1.29, 1.82) is 0 Å². The fourth-order valence-corrected chi connectivity index (χ4v) is 0.853. The maximum Gasteiger partial charge on any atom is 0.330 e. The molecule has 72 valence electrons. The van der Waals surface area contributed by atoms with Gasteiger partial charge in [0.25, 0.3) is 5.56 Å². The van der Waals surface area contributed by atoms with Crippen LogP contribution in [-0.4, -0.2) is 16.2 Å². The van der Waals surface area contributed by atoms with Gasteiger partial charge in [-0.15, -0.1) is 0 Å². The van der Waals surface area contributed by atoms with Crippen LogP contribution in [0.5, 0.6) is 0 Å². The van der Waals surface area contributed by atoms with Crippen molar-refractivity contribution in [2.45, 2.75) is 20.1 Å². The van der Waals surface area contributed by atoms with Crippen molar-refractivity contribution >= 4 is 0 Å². The Hall–Kier alpha value is -1.36. The molecule has 1 heterocycles. The minimum atomic E-state index is -0.441. The van der Waals surface area contributed by atoms with E-state index >= 15 is 0 Å². The van der Waals surface area contributed by atoms with E-state index in [4.69, 9.17) is 4.74 Å². The lowest BCUT2D eigenvalue weighted by atomic mass is 10.5. The van der Waals surface area contributed by atoms with Crippen molar-refractivity contribution in [3.05, 3.63) is 33.1 Å². The topological polar surface area (TPSA) is 64.1 Å². The summed E-state index contributed by atoms with van der Waals surface area (Å²) < 4.78 is 6.43. The number of aromatic amines is 1. The first-order chi connectivity index (χ1) is 6.24. The quantitative estimate of drug-likeness (QED) is 0.666. The zero-order valence-corrected chi connectivity index (χ0v) is 7.45. The molecule has 0 saturated carbocycles. The molecule has 0 unspecified atom stereocenters. The van der Waals surface area contributed by atoms with E-state index in [1.165, 1.54) is 16.8 Å². The lowest BCUT2D eigenvalue weighted by Crippen LogP contribution is -2.29. The third-order valence-corrected chi connectivity index (χ3v) is 1.48. The molecule has 5 nitrogen and oxygen atoms in total. The Labute approximate surface area is 75.0 Å². The molecule has 0 aromatic carbocycles. The molecule has 0 bridgehead atoms. The van der Waals surface area contributed by atoms with Crippen LogP contribution in [0.4, 0.5) is 0 Å². The van der Waals surface area contributed by atoms with Crippen LogP contribution in [0.2, 0.25) is 0 Å². The molecule has 0 atom stereocenters. The lowest BCUT2D eigenvalue weighted by molar-refractivity contribution is 0.0742. The van der Waals surface area contributed by atoms with Gasteiger partial charge in [-0.3, -0.25) is 14.3 Å². The van der Waals surface area contributed by atoms with Crippen LogP contribution in [0, 0.1) is 0 Å². The van der Waals surface area contributed by atoms with Gasteiger partial charge in [0.1, 0.15) is 6.73 Å². The molecule has 1 N–H and O–H groups in total. The normalized spacial score (nSPS) is 10.2. The van der Waals surface area contributed by atoms with Crippen LogP contribution >= 0.6 is 0 Å². The van der Waals surface area contributed by atoms with Gasteiger partial charge in [0, 0.05) is 18.9 Å². The Morgan fingerprint density at radius 2 is 2.31 bits per heavy atom. The summed E-state index contributed by atoms with van der Waals surface area (Å²) in [4.78, 5) is 23.9. The minimum absolute atomic E-state index is 0.184. The van der Waals surface area contributed by atoms with Crippen LogP contribution in [0.15, 0.2) is 21.9 Å². The SMILES string of the molecule is CCCOCn1ccc(=O)[nH]c1=O. The maximum absolute atomic E-state index is 11.1. The maximum atomic E-state index is 11.1. The summed E-state index contributed by atoms with van der Waals surface area (Å²) in [5.74, 6) is 0. The van der Waals surface area contributed by atoms with Gasteiger partial charge in [-0.2, -0.15) is 0 Å². The van der Waals surface area contributed by atoms with Crippen LogP contribution in [-0.2, 0) is 11.5 Å². The van der Waals surface area contributed by atoms with E-state index in [-0.39, 0.29) is 6.73 Å². The van der Waals surface area contributed by atoms with E-state index in [0.717, 1.165) is 6.42 Å². The summed E-state index contributed by atoms with van der Waals surface area (Å²) in [7, 11) is 0. The smallest absolute Gasteiger partial charge is 0.330 e. The lowest BCUT2D eigenvalue weighted by Gasteiger charge is -2.03. The van der Waals surface area contributed by atoms with Crippen LogP contribution < -0.4 is 11.2 Å². The number of rotatable bonds is 4. The number of nitrogens with one attached hydrogen (secondary N) is 1. The van der Waals surface area contributed by atoms with Crippen LogP contribution in [0.1, 0.15) is 13.3 Å². The van der Waals surface area contributed by atoms with Crippen molar-refractivity contribution < 1.29 is 4.74 Å². The first-order valence-electron chi connectivity index (χ1n) is 4.11. The predicted molar refractivity (Wildman–Crippen MR) is 47.6 cm³/mol. The fourth-order valence-electron chi connectivity index (χ4n) is 0.853. The number of aromatic nitrogens is 2. The van der Waals surface area contributed by atoms with Gasteiger partial charge in [0.05, 0.1) is 0 Å². The molecular weight excluding hydrogens is 172 g/mol. The molecule has 1 rings (SSSR count). The van der Waals surface area contributed by atoms with E-state index in [1.54, 1.807) is 0 Å². The number of ether oxygens (including phenoxy) is 1. The molecule has 0 saturated heterocycles. The predicted octanol–water partition coefficient (Wildman–Crippen LogP) is -0.0793. The summed E-state index contributed by atoms with van der Waals surface area (Å²) in [5.41, 5.74) is -0.833. The molecular formula is C8H12N2O3. The van der Waals surface area contributed by atoms with E-state index < -0.39 is 11.2 Å². The van der Waals surface area contributed by atoms with Gasteiger partial charge in [0.15, 0.2) is 0 Å². The van der Waals surface area contributed by atoms with E-state index in [9.17, 15) is 9.59 Å². The molecule has 0 radical (unpaired) electrons. The second-order valence-electron chi connectivity index (χ2n) is 2.62. The number of hydrogen-bond donors (Lipinski definition) is 1. The average molecular weight is 184 g/mol. The molecule has 0 fully saturated rings. The highest BCUT2D eigenvalue weighted by Gasteiger charge is 1.94. The van der Waals surface area contributed by atoms with Crippen molar-refractivity contribution in [3.63, 3.8) is 0 Å². The summed E-state index contributed by atoms with van der Waals surface area (Å²) in [5, 5.41) is 0. The Bertz CT molecular complexity index is 366. The zero-order chi connectivity index (χ0) is 9.68. The van der Waals surface area contributed by atoms with E-state index in [0.29, 0.717) is 6.61 Å². The van der Waals surface area contributed by atoms with Gasteiger partial charge in [-0.05, 0) is 6.42 Å². The van der Waals surface area contributed by atoms with Crippen LogP contribution in [0.25, 0.3) is 0 Å². The second kappa shape index (κ2) is 4.61. The first kappa shape index (κ1) is 9.73. The molecule has 1 aromatic rings. The molecule has 0 amide bonds. The van der Waals surface area contributed by atoms with Gasteiger partial charge in [-0.1, -0.05) is 6.92 Å². The second-order valence-corrected chi connectivity index (χ2v) is 2.62. The highest BCUT2D eigenvalue weighted by Crippen LogP contribution is 1.83. The Morgan fingerprint density at radius 1 is 1.54 bits per heavy atom. The van der Waals surface area contributed by atoms with Crippen LogP contribution in [0.3, 0.4) is 0 Å². The van der Waals surface area contributed by atoms with Crippen molar-refractivity contribution in [3.8, 4) is 0 Å². The van der Waals surface area contributed by atoms with Gasteiger partial charge in [0.2, 0.25) is 0 Å². The zero-order valence-electron chi connectivity index (χ0n) is 7.45. The van der Waals surface area contributed by atoms with Gasteiger partial charge < -0.3 is 4.74 Å². The molecule has 1 aromatic heterocycles. The summed E-state index contributed by atoms with van der Waals surface area (Å²) >= 11 is 0. The summed E-state index contributed by atoms with van der Waals surface area (Å²) in [6, 6.07) is 1.29. The largest absolute Gasteiger partial charge is 0.361 e. The molecule has 13 heavy (non-hydrogen) atoms. The molecule has 5 heteroatoms. The molecule has 0 spiro atoms. The Morgan fingerprint density at radius 3 is 2.92 bits per heavy atom. The fraction of sp³-hybridized carbons (Fsp3) is 0.500. The third kappa shape index (κ3) is 2.87. The van der Waals surface area contributed by atoms with Crippen molar-refractivity contribution in [2.75, 3.05) is 6.61 Å². The standard InChI is InChI=1S/C8H12N2O3/c1-2-5-13-6-10-4-3-7(11)9-8(10)12/h3-4H,2,5-6H2,1H3,(H,9,11,12). The highest BCUT2D eigenvalue weighted by atomic mass is 16.5. The van der Waals surface area contributed by atoms with Gasteiger partial charge >= 0.3 is 5.69 Å². The van der Waals surface area contributed by atoms with Crippen molar-refractivity contribution in [1.82, 2.24) is 9.55 Å². The van der Waals surface area contributed by atoms with E-state index in [2.05, 4.69) is 4.98 Å².